The molecule has 0 unspecified atom stereocenters. The molecule has 0 saturated heterocycles. The van der Waals surface area contributed by atoms with Gasteiger partial charge < -0.3 is 24.5 Å². The van der Waals surface area contributed by atoms with Crippen molar-refractivity contribution in [2.45, 2.75) is 20.0 Å². The molecule has 2 N–H and O–H groups in total. The van der Waals surface area contributed by atoms with E-state index in [1.807, 2.05) is 55.6 Å². The van der Waals surface area contributed by atoms with Crippen LogP contribution in [0.3, 0.4) is 0 Å². The maximum absolute atomic E-state index is 9.95. The molecule has 3 rings (SSSR count). The Morgan fingerprint density at radius 2 is 1.89 bits per heavy atom. The molecule has 0 bridgehead atoms. The largest absolute Gasteiger partial charge is 0.508 e. The quantitative estimate of drug-likeness (QED) is 0.600. The second kappa shape index (κ2) is 9.09. The van der Waals surface area contributed by atoms with Crippen molar-refractivity contribution in [2.75, 3.05) is 25.6 Å². The average Bonchev–Trinajstić information content (AvgIpc) is 3.09. The number of phenolic OH excluding ortho intramolecular Hbond substituents is 1. The Morgan fingerprint density at radius 3 is 2.59 bits per heavy atom. The Balaban J connectivity index is 1.83. The van der Waals surface area contributed by atoms with Crippen molar-refractivity contribution in [3.63, 3.8) is 0 Å². The number of rotatable bonds is 9. The summed E-state index contributed by atoms with van der Waals surface area (Å²) in [5.74, 6) is 1.85. The van der Waals surface area contributed by atoms with Gasteiger partial charge in [0, 0.05) is 31.3 Å². The van der Waals surface area contributed by atoms with E-state index in [0.29, 0.717) is 26.3 Å². The van der Waals surface area contributed by atoms with Crippen LogP contribution in [-0.2, 0) is 17.8 Å². The van der Waals surface area contributed by atoms with E-state index in [2.05, 4.69) is 14.9 Å². The molecule has 0 fully saturated rings. The second-order valence-corrected chi connectivity index (χ2v) is 6.05. The van der Waals surface area contributed by atoms with Gasteiger partial charge in [-0.05, 0) is 37.3 Å². The molecule has 142 valence electrons. The van der Waals surface area contributed by atoms with Crippen LogP contribution in [0.15, 0.2) is 54.7 Å². The van der Waals surface area contributed by atoms with Crippen molar-refractivity contribution >= 4 is 5.95 Å². The number of aromatic hydroxyl groups is 1. The van der Waals surface area contributed by atoms with Crippen molar-refractivity contribution in [3.05, 3.63) is 60.3 Å². The molecule has 0 aliphatic heterocycles. The second-order valence-electron chi connectivity index (χ2n) is 6.05. The molecule has 0 atom stereocenters. The summed E-state index contributed by atoms with van der Waals surface area (Å²) in [4.78, 5) is 4.53. The third-order valence-corrected chi connectivity index (χ3v) is 4.26. The number of imidazole rings is 1. The van der Waals surface area contributed by atoms with Gasteiger partial charge in [-0.25, -0.2) is 4.98 Å². The first-order valence-corrected chi connectivity index (χ1v) is 9.01. The van der Waals surface area contributed by atoms with Gasteiger partial charge in [0.05, 0.1) is 25.1 Å². The molecule has 1 aromatic heterocycles. The minimum atomic E-state index is 0.270. The van der Waals surface area contributed by atoms with Crippen LogP contribution in [0.5, 0.6) is 11.5 Å². The third kappa shape index (κ3) is 4.60. The monoisotopic (exact) mass is 367 g/mol. The fraction of sp³-hybridized carbons (Fsp3) is 0.286. The first-order chi connectivity index (χ1) is 13.2. The van der Waals surface area contributed by atoms with Gasteiger partial charge in [-0.15, -0.1) is 0 Å². The lowest BCUT2D eigenvalue weighted by Crippen LogP contribution is -2.11. The van der Waals surface area contributed by atoms with Gasteiger partial charge in [-0.1, -0.05) is 18.2 Å². The molecule has 3 aromatic rings. The molecule has 2 aromatic carbocycles. The predicted molar refractivity (Wildman–Crippen MR) is 106 cm³/mol. The molecular weight excluding hydrogens is 342 g/mol. The number of methoxy groups -OCH3 is 1. The van der Waals surface area contributed by atoms with Crippen molar-refractivity contribution in [1.29, 1.82) is 0 Å². The molecule has 6 heteroatoms. The van der Waals surface area contributed by atoms with Gasteiger partial charge in [0.15, 0.2) is 0 Å². The lowest BCUT2D eigenvalue weighted by Gasteiger charge is -2.14. The standard InChI is InChI=1S/C21H25N3O3/c1-3-27-18-10-8-16(9-11-18)19-15-23-21(24(19)12-13-26-2)22-14-17-6-4-5-7-20(17)25/h4-11,15,25H,3,12-14H2,1-2H3,(H,22,23). The maximum Gasteiger partial charge on any atom is 0.203 e. The molecule has 0 saturated carbocycles. The zero-order valence-corrected chi connectivity index (χ0v) is 15.7. The van der Waals surface area contributed by atoms with Crippen molar-refractivity contribution in [1.82, 2.24) is 9.55 Å². The SMILES string of the molecule is CCOc1ccc(-c2cnc(NCc3ccccc3O)n2CCOC)cc1. The first-order valence-electron chi connectivity index (χ1n) is 9.01. The Labute approximate surface area is 159 Å². The highest BCUT2D eigenvalue weighted by Crippen LogP contribution is 2.26. The normalized spacial score (nSPS) is 10.7. The Kier molecular flexibility index (Phi) is 6.33. The van der Waals surface area contributed by atoms with Crippen LogP contribution in [0, 0.1) is 0 Å². The van der Waals surface area contributed by atoms with Crippen molar-refractivity contribution < 1.29 is 14.6 Å². The first kappa shape index (κ1) is 18.8. The Morgan fingerprint density at radius 1 is 1.11 bits per heavy atom. The molecule has 0 radical (unpaired) electrons. The number of anilines is 1. The molecule has 27 heavy (non-hydrogen) atoms. The summed E-state index contributed by atoms with van der Waals surface area (Å²) in [6.07, 6.45) is 1.85. The number of phenols is 1. The predicted octanol–water partition coefficient (Wildman–Crippen LogP) is 3.91. The zero-order chi connectivity index (χ0) is 19.1. The van der Waals surface area contributed by atoms with Gasteiger partial charge in [0.1, 0.15) is 11.5 Å². The minimum absolute atomic E-state index is 0.270. The van der Waals surface area contributed by atoms with E-state index < -0.39 is 0 Å². The molecule has 1 heterocycles. The molecule has 6 nitrogen and oxygen atoms in total. The Bertz CT molecular complexity index is 859. The highest BCUT2D eigenvalue weighted by molar-refractivity contribution is 5.62. The van der Waals surface area contributed by atoms with E-state index in [4.69, 9.17) is 9.47 Å². The molecular formula is C21H25N3O3. The number of aromatic nitrogens is 2. The van der Waals surface area contributed by atoms with E-state index in [1.165, 1.54) is 0 Å². The number of ether oxygens (including phenoxy) is 2. The highest BCUT2D eigenvalue weighted by atomic mass is 16.5. The van der Waals surface area contributed by atoms with Crippen LogP contribution < -0.4 is 10.1 Å². The van der Waals surface area contributed by atoms with Gasteiger partial charge in [0.25, 0.3) is 0 Å². The van der Waals surface area contributed by atoms with Crippen LogP contribution >= 0.6 is 0 Å². The van der Waals surface area contributed by atoms with Crippen LogP contribution in [0.25, 0.3) is 11.3 Å². The number of para-hydroxylation sites is 1. The molecule has 0 aliphatic carbocycles. The van der Waals surface area contributed by atoms with E-state index in [0.717, 1.165) is 28.5 Å². The topological polar surface area (TPSA) is 68.5 Å². The van der Waals surface area contributed by atoms with Gasteiger partial charge in [-0.3, -0.25) is 0 Å². The molecule has 0 amide bonds. The fourth-order valence-corrected chi connectivity index (χ4v) is 2.88. The highest BCUT2D eigenvalue weighted by Gasteiger charge is 2.12. The molecule has 0 aliphatic rings. The van der Waals surface area contributed by atoms with Crippen LogP contribution in [-0.4, -0.2) is 35.0 Å². The zero-order valence-electron chi connectivity index (χ0n) is 15.7. The number of benzene rings is 2. The number of nitrogens with zero attached hydrogens (tertiary/aromatic N) is 2. The fourth-order valence-electron chi connectivity index (χ4n) is 2.88. The van der Waals surface area contributed by atoms with Crippen LogP contribution in [0.2, 0.25) is 0 Å². The summed E-state index contributed by atoms with van der Waals surface area (Å²) in [6.45, 7) is 4.34. The molecule has 0 spiro atoms. The van der Waals surface area contributed by atoms with Gasteiger partial charge >= 0.3 is 0 Å². The number of nitrogens with one attached hydrogen (secondary N) is 1. The number of hydrogen-bond acceptors (Lipinski definition) is 5. The summed E-state index contributed by atoms with van der Waals surface area (Å²) in [5.41, 5.74) is 2.87. The van der Waals surface area contributed by atoms with Crippen molar-refractivity contribution in [3.8, 4) is 22.8 Å². The summed E-state index contributed by atoms with van der Waals surface area (Å²) < 4.78 is 12.9. The lowest BCUT2D eigenvalue weighted by molar-refractivity contribution is 0.188. The Hall–Kier alpha value is -2.99. The smallest absolute Gasteiger partial charge is 0.203 e. The van der Waals surface area contributed by atoms with Gasteiger partial charge in [0.2, 0.25) is 5.95 Å². The maximum atomic E-state index is 9.95. The van der Waals surface area contributed by atoms with Crippen LogP contribution in [0.4, 0.5) is 5.95 Å². The van der Waals surface area contributed by atoms with Crippen molar-refractivity contribution in [2.24, 2.45) is 0 Å². The summed E-state index contributed by atoms with van der Waals surface area (Å²) in [7, 11) is 1.68. The third-order valence-electron chi connectivity index (χ3n) is 4.26. The lowest BCUT2D eigenvalue weighted by atomic mass is 10.1. The number of hydrogen-bond donors (Lipinski definition) is 2. The minimum Gasteiger partial charge on any atom is -0.508 e. The summed E-state index contributed by atoms with van der Waals surface area (Å²) >= 11 is 0. The van der Waals surface area contributed by atoms with Gasteiger partial charge in [-0.2, -0.15) is 0 Å². The summed E-state index contributed by atoms with van der Waals surface area (Å²) in [5, 5.41) is 13.3. The van der Waals surface area contributed by atoms with Crippen LogP contribution in [0.1, 0.15) is 12.5 Å². The average molecular weight is 367 g/mol. The van der Waals surface area contributed by atoms with E-state index in [1.54, 1.807) is 13.2 Å². The van der Waals surface area contributed by atoms with E-state index in [9.17, 15) is 5.11 Å². The summed E-state index contributed by atoms with van der Waals surface area (Å²) in [6, 6.07) is 15.2. The van der Waals surface area contributed by atoms with E-state index >= 15 is 0 Å². The van der Waals surface area contributed by atoms with E-state index in [-0.39, 0.29) is 5.75 Å².